The molecule has 0 radical (unpaired) electrons. The largest absolute Gasteiger partial charge is 1.00 e. The van der Waals surface area contributed by atoms with E-state index in [-0.39, 0.29) is 29.6 Å². The predicted octanol–water partition coefficient (Wildman–Crippen LogP) is -1.86. The van der Waals surface area contributed by atoms with Crippen LogP contribution in [-0.2, 0) is 14.6 Å². The Balaban J connectivity index is 0.00000169. The average Bonchev–Trinajstić information content (AvgIpc) is 2.04. The van der Waals surface area contributed by atoms with E-state index in [1.165, 1.54) is 6.08 Å². The van der Waals surface area contributed by atoms with Crippen molar-refractivity contribution in [3.63, 3.8) is 0 Å². The summed E-state index contributed by atoms with van der Waals surface area (Å²) >= 11 is 0. The molecule has 0 aliphatic carbocycles. The zero-order chi connectivity index (χ0) is 9.73. The van der Waals surface area contributed by atoms with Gasteiger partial charge in [0.05, 0.1) is 0 Å². The Hall–Kier alpha value is -0.330. The molecule has 1 rings (SSSR count). The number of benzene rings is 1. The van der Waals surface area contributed by atoms with Crippen molar-refractivity contribution in [1.82, 2.24) is 0 Å². The van der Waals surface area contributed by atoms with Crippen LogP contribution in [0.25, 0.3) is 6.08 Å². The molecule has 14 heavy (non-hydrogen) atoms. The maximum absolute atomic E-state index is 9.99. The van der Waals surface area contributed by atoms with Crippen molar-refractivity contribution in [2.75, 3.05) is 0 Å². The van der Waals surface area contributed by atoms with E-state index >= 15 is 0 Å². The molecule has 0 amide bonds. The molecule has 6 heteroatoms. The Bertz CT molecular complexity index is 385. The molecule has 4 nitrogen and oxygen atoms in total. The van der Waals surface area contributed by atoms with E-state index in [0.717, 1.165) is 11.8 Å². The molecule has 0 bridgehead atoms. The van der Waals surface area contributed by atoms with Crippen molar-refractivity contribution in [1.29, 1.82) is 0 Å². The molecule has 0 atom stereocenters. The fraction of sp³-hybridized carbons (Fsp3) is 0. The first-order valence-corrected chi connectivity index (χ1v) is 4.77. The van der Waals surface area contributed by atoms with Gasteiger partial charge >= 0.3 is 29.6 Å². The molecule has 0 N–H and O–H groups in total. The van der Waals surface area contributed by atoms with Crippen molar-refractivity contribution >= 4 is 16.5 Å². The second kappa shape index (κ2) is 6.21. The fourth-order valence-electron chi connectivity index (χ4n) is 0.739. The van der Waals surface area contributed by atoms with Crippen LogP contribution in [0.2, 0.25) is 0 Å². The molecule has 0 spiro atoms. The molecule has 0 aromatic heterocycles. The van der Waals surface area contributed by atoms with Crippen molar-refractivity contribution in [2.24, 2.45) is 0 Å². The normalized spacial score (nSPS) is 10.9. The summed E-state index contributed by atoms with van der Waals surface area (Å²) in [6, 6.07) is 8.88. The van der Waals surface area contributed by atoms with Gasteiger partial charge in [-0.05, 0) is 11.6 Å². The van der Waals surface area contributed by atoms with Crippen LogP contribution < -0.4 is 29.6 Å². The van der Waals surface area contributed by atoms with Crippen LogP contribution in [0.4, 0.5) is 0 Å². The summed E-state index contributed by atoms with van der Waals surface area (Å²) in [5.41, 5.74) is 0.756. The number of rotatable bonds is 3. The summed E-state index contributed by atoms with van der Waals surface area (Å²) in [7, 11) is -4.63. The van der Waals surface area contributed by atoms with Crippen LogP contribution in [-0.4, -0.2) is 13.0 Å². The van der Waals surface area contributed by atoms with Crippen molar-refractivity contribution in [3.05, 3.63) is 42.2 Å². The van der Waals surface area contributed by atoms with Gasteiger partial charge in [0.2, 0.25) is 0 Å². The maximum atomic E-state index is 9.99. The molecule has 1 aromatic carbocycles. The molecule has 0 unspecified atom stereocenters. The standard InChI is InChI=1S/C8H8O4S.Na/c9-13(10,11)12-7-6-8-4-2-1-3-5-8;/h1-7H,(H,9,10,11);/q;+1/p-1/b7-6+;. The van der Waals surface area contributed by atoms with E-state index in [4.69, 9.17) is 0 Å². The molecule has 0 saturated carbocycles. The van der Waals surface area contributed by atoms with Crippen molar-refractivity contribution in [2.45, 2.75) is 0 Å². The van der Waals surface area contributed by atoms with Gasteiger partial charge in [0.1, 0.15) is 6.26 Å². The molecule has 70 valence electrons. The topological polar surface area (TPSA) is 66.4 Å². The minimum atomic E-state index is -4.63. The van der Waals surface area contributed by atoms with E-state index in [1.54, 1.807) is 24.3 Å². The van der Waals surface area contributed by atoms with Crippen LogP contribution in [0.1, 0.15) is 5.56 Å². The molecule has 0 heterocycles. The zero-order valence-electron chi connectivity index (χ0n) is 7.58. The van der Waals surface area contributed by atoms with Gasteiger partial charge in [0.15, 0.2) is 0 Å². The van der Waals surface area contributed by atoms with Crippen LogP contribution >= 0.6 is 0 Å². The van der Waals surface area contributed by atoms with Crippen LogP contribution in [0.3, 0.4) is 0 Å². The SMILES string of the molecule is O=S(=O)([O-])O/C=C/c1ccccc1.[Na+]. The van der Waals surface area contributed by atoms with Crippen LogP contribution in [0.15, 0.2) is 36.6 Å². The Morgan fingerprint density at radius 3 is 2.29 bits per heavy atom. The van der Waals surface area contributed by atoms with Crippen molar-refractivity contribution < 1.29 is 46.7 Å². The minimum Gasteiger partial charge on any atom is -0.716 e. The second-order valence-corrected chi connectivity index (χ2v) is 3.23. The molecular weight excluding hydrogens is 215 g/mol. The summed E-state index contributed by atoms with van der Waals surface area (Å²) < 4.78 is 33.8. The Kier molecular flexibility index (Phi) is 6.06. The van der Waals surface area contributed by atoms with E-state index in [9.17, 15) is 13.0 Å². The first-order valence-electron chi connectivity index (χ1n) is 3.44. The van der Waals surface area contributed by atoms with Gasteiger partial charge in [-0.25, -0.2) is 8.42 Å². The third kappa shape index (κ3) is 6.17. The first kappa shape index (κ1) is 13.7. The van der Waals surface area contributed by atoms with Gasteiger partial charge in [-0.15, -0.1) is 0 Å². The molecule has 1 aromatic rings. The van der Waals surface area contributed by atoms with Gasteiger partial charge < -0.3 is 8.74 Å². The Morgan fingerprint density at radius 1 is 1.21 bits per heavy atom. The molecule has 0 fully saturated rings. The zero-order valence-corrected chi connectivity index (χ0v) is 10.4. The van der Waals surface area contributed by atoms with Crippen molar-refractivity contribution in [3.8, 4) is 0 Å². The summed E-state index contributed by atoms with van der Waals surface area (Å²) in [4.78, 5) is 0. The van der Waals surface area contributed by atoms with E-state index in [2.05, 4.69) is 4.18 Å². The number of hydrogen-bond acceptors (Lipinski definition) is 4. The Morgan fingerprint density at radius 2 is 1.79 bits per heavy atom. The summed E-state index contributed by atoms with van der Waals surface area (Å²) in [6.07, 6.45) is 2.23. The monoisotopic (exact) mass is 222 g/mol. The van der Waals surface area contributed by atoms with E-state index in [1.807, 2.05) is 6.07 Å². The third-order valence-electron chi connectivity index (χ3n) is 1.23. The minimum absolute atomic E-state index is 0. The molecule has 0 aliphatic rings. The van der Waals surface area contributed by atoms with Gasteiger partial charge in [0.25, 0.3) is 10.4 Å². The van der Waals surface area contributed by atoms with Gasteiger partial charge in [-0.2, -0.15) is 0 Å². The summed E-state index contributed by atoms with van der Waals surface area (Å²) in [5.74, 6) is 0. The first-order chi connectivity index (χ1) is 6.08. The quantitative estimate of drug-likeness (QED) is 0.260. The number of hydrogen-bond donors (Lipinski definition) is 0. The summed E-state index contributed by atoms with van der Waals surface area (Å²) in [6.45, 7) is 0. The van der Waals surface area contributed by atoms with Crippen LogP contribution in [0.5, 0.6) is 0 Å². The smallest absolute Gasteiger partial charge is 0.716 e. The summed E-state index contributed by atoms with van der Waals surface area (Å²) in [5, 5.41) is 0. The third-order valence-corrected chi connectivity index (χ3v) is 1.58. The maximum Gasteiger partial charge on any atom is 1.00 e. The fourth-order valence-corrected chi connectivity index (χ4v) is 0.930. The van der Waals surface area contributed by atoms with Crippen LogP contribution in [0, 0.1) is 0 Å². The average molecular weight is 222 g/mol. The van der Waals surface area contributed by atoms with Gasteiger partial charge in [-0.1, -0.05) is 30.3 Å². The molecule has 0 aliphatic heterocycles. The second-order valence-electron chi connectivity index (χ2n) is 2.22. The van der Waals surface area contributed by atoms with E-state index in [0.29, 0.717) is 0 Å². The molecule has 0 saturated heterocycles. The predicted molar refractivity (Wildman–Crippen MR) is 46.3 cm³/mol. The van der Waals surface area contributed by atoms with Gasteiger partial charge in [0, 0.05) is 0 Å². The van der Waals surface area contributed by atoms with E-state index < -0.39 is 10.4 Å². The Labute approximate surface area is 105 Å². The molecular formula is C8H7NaO4S. The van der Waals surface area contributed by atoms with Gasteiger partial charge in [-0.3, -0.25) is 0 Å².